The molecule has 16 heavy (non-hydrogen) atoms. The van der Waals surface area contributed by atoms with E-state index in [1.165, 1.54) is 42.6 Å². The third kappa shape index (κ3) is 3.02. The van der Waals surface area contributed by atoms with E-state index >= 15 is 0 Å². The van der Waals surface area contributed by atoms with Gasteiger partial charge >= 0.3 is 0 Å². The van der Waals surface area contributed by atoms with Gasteiger partial charge in [0.15, 0.2) is 0 Å². The molecule has 1 aliphatic heterocycles. The van der Waals surface area contributed by atoms with Crippen LogP contribution in [0.1, 0.15) is 38.2 Å². The number of nitrogens with two attached hydrogens (primary N) is 1. The van der Waals surface area contributed by atoms with E-state index in [-0.39, 0.29) is 0 Å². The molecule has 1 aliphatic rings. The van der Waals surface area contributed by atoms with Crippen molar-refractivity contribution in [2.75, 3.05) is 0 Å². The Morgan fingerprint density at radius 1 is 1.38 bits per heavy atom. The first-order valence-corrected chi connectivity index (χ1v) is 7.17. The van der Waals surface area contributed by atoms with Gasteiger partial charge in [-0.05, 0) is 37.3 Å². The zero-order valence-electron chi connectivity index (χ0n) is 9.99. The Labute approximate surface area is 103 Å². The summed E-state index contributed by atoms with van der Waals surface area (Å²) in [5.74, 6) is 0. The van der Waals surface area contributed by atoms with Gasteiger partial charge in [-0.1, -0.05) is 31.5 Å². The summed E-state index contributed by atoms with van der Waals surface area (Å²) in [6.45, 7) is 2.21. The summed E-state index contributed by atoms with van der Waals surface area (Å²) in [6, 6.07) is 9.19. The van der Waals surface area contributed by atoms with Gasteiger partial charge in [0.2, 0.25) is 0 Å². The molecule has 1 nitrogen and oxygen atoms in total. The van der Waals surface area contributed by atoms with Crippen LogP contribution >= 0.6 is 11.8 Å². The Hall–Kier alpha value is -0.470. The van der Waals surface area contributed by atoms with E-state index in [1.54, 1.807) is 0 Å². The molecule has 0 spiro atoms. The van der Waals surface area contributed by atoms with Crippen LogP contribution in [0.2, 0.25) is 0 Å². The minimum Gasteiger partial charge on any atom is -0.328 e. The monoisotopic (exact) mass is 235 g/mol. The molecule has 0 aliphatic carbocycles. The highest BCUT2D eigenvalue weighted by molar-refractivity contribution is 8.00. The van der Waals surface area contributed by atoms with Gasteiger partial charge in [-0.3, -0.25) is 0 Å². The molecule has 0 fully saturated rings. The fourth-order valence-corrected chi connectivity index (χ4v) is 3.67. The summed E-state index contributed by atoms with van der Waals surface area (Å²) in [4.78, 5) is 1.48. The normalized spacial score (nSPS) is 20.8. The molecular weight excluding hydrogens is 214 g/mol. The Morgan fingerprint density at radius 2 is 2.19 bits per heavy atom. The van der Waals surface area contributed by atoms with Crippen molar-refractivity contribution >= 4 is 11.8 Å². The van der Waals surface area contributed by atoms with Gasteiger partial charge in [-0.2, -0.15) is 0 Å². The Kier molecular flexibility index (Phi) is 4.30. The second kappa shape index (κ2) is 5.74. The zero-order valence-corrected chi connectivity index (χ0v) is 10.8. The maximum absolute atomic E-state index is 6.06. The van der Waals surface area contributed by atoms with Gasteiger partial charge in [-0.15, -0.1) is 11.8 Å². The summed E-state index contributed by atoms with van der Waals surface area (Å²) < 4.78 is 0. The highest BCUT2D eigenvalue weighted by atomic mass is 32.2. The number of fused-ring (bicyclic) bond motifs is 1. The first-order chi connectivity index (χ1) is 7.79. The number of thioether (sulfide) groups is 1. The van der Waals surface area contributed by atoms with E-state index < -0.39 is 0 Å². The van der Waals surface area contributed by atoms with Gasteiger partial charge < -0.3 is 5.73 Å². The maximum Gasteiger partial charge on any atom is 0.0136 e. The first-order valence-electron chi connectivity index (χ1n) is 6.29. The van der Waals surface area contributed by atoms with Gasteiger partial charge in [-0.25, -0.2) is 0 Å². The third-order valence-electron chi connectivity index (χ3n) is 3.23. The average molecular weight is 235 g/mol. The Morgan fingerprint density at radius 3 is 2.94 bits per heavy atom. The lowest BCUT2D eigenvalue weighted by Crippen LogP contribution is -2.21. The van der Waals surface area contributed by atoms with Crippen molar-refractivity contribution in [3.05, 3.63) is 29.8 Å². The minimum absolute atomic E-state index is 0.411. The van der Waals surface area contributed by atoms with E-state index in [9.17, 15) is 0 Å². The second-order valence-electron chi connectivity index (χ2n) is 4.68. The van der Waals surface area contributed by atoms with Crippen molar-refractivity contribution in [3.63, 3.8) is 0 Å². The summed E-state index contributed by atoms with van der Waals surface area (Å²) in [7, 11) is 0. The topological polar surface area (TPSA) is 26.0 Å². The Balaban J connectivity index is 1.79. The van der Waals surface area contributed by atoms with Crippen LogP contribution in [0.25, 0.3) is 0 Å². The van der Waals surface area contributed by atoms with Crippen molar-refractivity contribution in [2.24, 2.45) is 5.73 Å². The second-order valence-corrected chi connectivity index (χ2v) is 6.02. The summed E-state index contributed by atoms with van der Waals surface area (Å²) in [5, 5.41) is 0.764. The summed E-state index contributed by atoms with van der Waals surface area (Å²) in [5.41, 5.74) is 7.59. The van der Waals surface area contributed by atoms with Crippen molar-refractivity contribution < 1.29 is 0 Å². The molecule has 0 saturated carbocycles. The van der Waals surface area contributed by atoms with Crippen molar-refractivity contribution in [3.8, 4) is 0 Å². The molecule has 0 bridgehead atoms. The predicted molar refractivity (Wildman–Crippen MR) is 71.9 cm³/mol. The largest absolute Gasteiger partial charge is 0.328 e. The number of benzene rings is 1. The fraction of sp³-hybridized carbons (Fsp3) is 0.571. The van der Waals surface area contributed by atoms with E-state index in [0.29, 0.717) is 6.04 Å². The molecule has 88 valence electrons. The van der Waals surface area contributed by atoms with Gasteiger partial charge in [0.05, 0.1) is 0 Å². The number of rotatable bonds is 5. The molecule has 2 unspecified atom stereocenters. The fourth-order valence-electron chi connectivity index (χ4n) is 2.33. The van der Waals surface area contributed by atoms with E-state index in [0.717, 1.165) is 5.25 Å². The molecule has 1 aromatic rings. The molecule has 1 heterocycles. The molecule has 0 amide bonds. The van der Waals surface area contributed by atoms with Crippen molar-refractivity contribution in [1.29, 1.82) is 0 Å². The molecule has 0 saturated heterocycles. The van der Waals surface area contributed by atoms with Crippen LogP contribution in [-0.4, -0.2) is 11.3 Å². The molecule has 1 aromatic carbocycles. The maximum atomic E-state index is 6.06. The average Bonchev–Trinajstić information content (AvgIpc) is 2.69. The highest BCUT2D eigenvalue weighted by Gasteiger charge is 2.21. The number of hydrogen-bond acceptors (Lipinski definition) is 2. The van der Waals surface area contributed by atoms with Crippen LogP contribution in [0.5, 0.6) is 0 Å². The van der Waals surface area contributed by atoms with Crippen LogP contribution in [0.3, 0.4) is 0 Å². The molecule has 2 atom stereocenters. The smallest absolute Gasteiger partial charge is 0.0136 e. The van der Waals surface area contributed by atoms with Gasteiger partial charge in [0.25, 0.3) is 0 Å². The van der Waals surface area contributed by atoms with Crippen molar-refractivity contribution in [1.82, 2.24) is 0 Å². The molecule has 2 N–H and O–H groups in total. The molecule has 2 rings (SSSR count). The van der Waals surface area contributed by atoms with E-state index in [4.69, 9.17) is 5.73 Å². The Bertz CT molecular complexity index is 312. The highest BCUT2D eigenvalue weighted by Crippen LogP contribution is 2.38. The molecular formula is C14H21NS. The zero-order chi connectivity index (χ0) is 11.4. The van der Waals surface area contributed by atoms with Gasteiger partial charge in [0.1, 0.15) is 0 Å². The lowest BCUT2D eigenvalue weighted by molar-refractivity contribution is 0.533. The number of hydrogen-bond donors (Lipinski definition) is 1. The predicted octanol–water partition coefficient (Wildman–Crippen LogP) is 3.61. The lowest BCUT2D eigenvalue weighted by atomic mass is 10.0. The molecule has 2 heteroatoms. The summed E-state index contributed by atoms with van der Waals surface area (Å²) in [6.07, 6.45) is 6.06. The van der Waals surface area contributed by atoms with Crippen LogP contribution in [0.4, 0.5) is 0 Å². The van der Waals surface area contributed by atoms with E-state index in [2.05, 4.69) is 31.2 Å². The molecule has 0 radical (unpaired) electrons. The van der Waals surface area contributed by atoms with Gasteiger partial charge in [0, 0.05) is 16.2 Å². The van der Waals surface area contributed by atoms with E-state index in [1.807, 2.05) is 11.8 Å². The SMILES string of the molecule is CCCC(N)CCC1Cc2ccccc2S1. The minimum atomic E-state index is 0.411. The van der Waals surface area contributed by atoms with Crippen molar-refractivity contribution in [2.45, 2.75) is 55.2 Å². The first kappa shape index (κ1) is 12.0. The standard InChI is InChI=1S/C14H21NS/c1-2-5-12(15)8-9-13-10-11-6-3-4-7-14(11)16-13/h3-4,6-7,12-13H,2,5,8-10,15H2,1H3. The third-order valence-corrected chi connectivity index (χ3v) is 4.62. The van der Waals surface area contributed by atoms with Crippen LogP contribution in [0, 0.1) is 0 Å². The van der Waals surface area contributed by atoms with Crippen LogP contribution in [-0.2, 0) is 6.42 Å². The van der Waals surface area contributed by atoms with Crippen LogP contribution < -0.4 is 5.73 Å². The quantitative estimate of drug-likeness (QED) is 0.843. The lowest BCUT2D eigenvalue weighted by Gasteiger charge is -2.13. The van der Waals surface area contributed by atoms with Crippen LogP contribution in [0.15, 0.2) is 29.2 Å². The summed E-state index contributed by atoms with van der Waals surface area (Å²) >= 11 is 2.04. The molecule has 0 aromatic heterocycles.